The van der Waals surface area contributed by atoms with Gasteiger partial charge in [0.25, 0.3) is 5.79 Å². The van der Waals surface area contributed by atoms with Gasteiger partial charge in [0.05, 0.1) is 52.6 Å². The van der Waals surface area contributed by atoms with Crippen LogP contribution in [0, 0.1) is 58.7 Å². The highest BCUT2D eigenvalue weighted by molar-refractivity contribution is 6.34. The summed E-state index contributed by atoms with van der Waals surface area (Å²) in [6.07, 6.45) is 9.21. The number of aromatic hydroxyl groups is 1. The number of H-pyrrole nitrogens is 2. The largest absolute Gasteiger partial charge is 0.507 e. The monoisotopic (exact) mass is 1270 g/mol. The summed E-state index contributed by atoms with van der Waals surface area (Å²) >= 11 is 0. The number of rotatable bonds is 3. The van der Waals surface area contributed by atoms with Gasteiger partial charge in [-0.2, -0.15) is 0 Å². The topological polar surface area (TPSA) is 312 Å². The number of aromatic amines is 2. The highest BCUT2D eigenvalue weighted by Crippen LogP contribution is 2.75. The zero-order valence-electron chi connectivity index (χ0n) is 52.7. The van der Waals surface area contributed by atoms with E-state index in [-0.39, 0.29) is 75.2 Å². The third-order valence-electron chi connectivity index (χ3n) is 27.1. The number of anilines is 1. The average molecular weight is 1270 g/mol. The summed E-state index contributed by atoms with van der Waals surface area (Å²) in [4.78, 5) is 63.3. The molecule has 18 nitrogen and oxygen atoms in total. The molecule has 6 aromatic rings. The fourth-order valence-electron chi connectivity index (χ4n) is 23.3. The third kappa shape index (κ3) is 7.17. The number of carbonyl (C=O) groups is 3. The maximum Gasteiger partial charge on any atom is 0.261 e. The van der Waals surface area contributed by atoms with Gasteiger partial charge in [0, 0.05) is 93.6 Å². The highest BCUT2D eigenvalue weighted by Gasteiger charge is 2.77. The van der Waals surface area contributed by atoms with Crippen molar-refractivity contribution in [3.8, 4) is 23.3 Å². The summed E-state index contributed by atoms with van der Waals surface area (Å²) in [5.74, 6) is 2.99. The number of nitrogens with zero attached hydrogens (tertiary/aromatic N) is 2. The Morgan fingerprint density at radius 1 is 0.840 bits per heavy atom. The summed E-state index contributed by atoms with van der Waals surface area (Å²) in [5, 5.41) is 84.7. The molecule has 13 N–H and O–H groups in total. The lowest BCUT2D eigenvalue weighted by molar-refractivity contribution is -0.366. The first-order valence-electron chi connectivity index (χ1n) is 34.6. The second-order valence-corrected chi connectivity index (χ2v) is 31.3. The minimum absolute atomic E-state index is 0.00425. The molecule has 484 valence electrons. The van der Waals surface area contributed by atoms with E-state index in [1.54, 1.807) is 37.4 Å². The number of benzene rings is 3. The molecule has 94 heavy (non-hydrogen) atoms. The number of ketones is 3. The molecular formula is C76H79N7O11. The van der Waals surface area contributed by atoms with Crippen molar-refractivity contribution < 1.29 is 54.5 Å². The van der Waals surface area contributed by atoms with Crippen LogP contribution in [-0.4, -0.2) is 116 Å². The standard InChI is InChI=1S/C76H79N7O11/c1-36-24-46-54(50(85)25-36)61(88)56-51-28-45-44(55(56)60(46)87)16-23-79-68(45)80-33-53(86)73-20-14-38-6-4-7-40-8-5-9-41-30-72(19-15-43(84)27-42(72)26-37-10-12-39(13-11-37)67(77)78)63-64(82-35-81-63)75(40,41)52-29-47(57(38)73)59(83-52)48-31-74(93-51)65(90)62(89)66(91)76(94-74)58(48)49(73)32-71(69(76)92)22-21-70(34-71)17-2-3-18-70/h10-13,16,23-25,28-29,31,35,38,40-42,53,57,62,65-67,69,83,85-86,89-92H,2-3,5,7-9,14-15,17-22,26-27,30,32-34,77-78H2,1H3,(H,79,80)(H,81,82)/t38-,40-,41+,42+,53+,57+,62-,65-,66+,69+,71+,72+,73-,74-,75+,76+/m1/s1. The van der Waals surface area contributed by atoms with Gasteiger partial charge in [-0.1, -0.05) is 55.0 Å². The van der Waals surface area contributed by atoms with Crippen LogP contribution in [-0.2, 0) is 26.8 Å². The molecule has 10 bridgehead atoms. The van der Waals surface area contributed by atoms with Crippen LogP contribution in [0.1, 0.15) is 205 Å². The lowest BCUT2D eigenvalue weighted by Gasteiger charge is -2.64. The van der Waals surface area contributed by atoms with Crippen molar-refractivity contribution in [3.05, 3.63) is 152 Å². The quantitative estimate of drug-likeness (QED) is 0.0584. The molecule has 4 aliphatic heterocycles. The Morgan fingerprint density at radius 3 is 2.48 bits per heavy atom. The van der Waals surface area contributed by atoms with Gasteiger partial charge < -0.3 is 66.9 Å². The van der Waals surface area contributed by atoms with Crippen molar-refractivity contribution in [3.63, 3.8) is 0 Å². The molecule has 7 heterocycles. The summed E-state index contributed by atoms with van der Waals surface area (Å²) in [6.45, 7) is 1.66. The molecule has 0 radical (unpaired) electrons. The first-order valence-corrected chi connectivity index (χ1v) is 34.6. The Labute approximate surface area is 543 Å². The van der Waals surface area contributed by atoms with Gasteiger partial charge in [-0.05, 0) is 183 Å². The normalized spacial score (nSPS) is 38.1. The van der Waals surface area contributed by atoms with Crippen molar-refractivity contribution in [1.82, 2.24) is 19.9 Å². The predicted molar refractivity (Wildman–Crippen MR) is 345 cm³/mol. The number of aryl methyl sites for hydroxylation is 1. The van der Waals surface area contributed by atoms with Gasteiger partial charge in [0.1, 0.15) is 35.3 Å². The maximum absolute atomic E-state index is 15.6. The van der Waals surface area contributed by atoms with Crippen LogP contribution in [0.4, 0.5) is 5.82 Å². The van der Waals surface area contributed by atoms with E-state index in [1.807, 2.05) is 18.5 Å². The van der Waals surface area contributed by atoms with Crippen LogP contribution < -0.4 is 21.5 Å². The number of imidazole rings is 1. The Bertz CT molecular complexity index is 4510. The fourth-order valence-corrected chi connectivity index (χ4v) is 23.3. The predicted octanol–water partition coefficient (Wildman–Crippen LogP) is 8.45. The molecular weight excluding hydrogens is 1190 g/mol. The molecule has 5 saturated carbocycles. The van der Waals surface area contributed by atoms with Crippen LogP contribution in [0.25, 0.3) is 16.3 Å². The smallest absolute Gasteiger partial charge is 0.261 e. The van der Waals surface area contributed by atoms with Gasteiger partial charge in [-0.3, -0.25) is 14.4 Å². The summed E-state index contributed by atoms with van der Waals surface area (Å²) in [6, 6.07) is 16.7. The zero-order chi connectivity index (χ0) is 64.1. The Morgan fingerprint density at radius 2 is 1.66 bits per heavy atom. The van der Waals surface area contributed by atoms with Gasteiger partial charge >= 0.3 is 0 Å². The van der Waals surface area contributed by atoms with Crippen LogP contribution in [0.5, 0.6) is 11.5 Å². The lowest BCUT2D eigenvalue weighted by Crippen LogP contribution is -2.79. The first-order chi connectivity index (χ1) is 45.3. The molecule has 16 atom stereocenters. The number of hydrogen-bond acceptors (Lipinski definition) is 16. The van der Waals surface area contributed by atoms with E-state index in [1.165, 1.54) is 6.07 Å². The minimum atomic E-state index is -2.54. The van der Waals surface area contributed by atoms with Crippen molar-refractivity contribution in [2.24, 2.45) is 51.4 Å². The Kier molecular flexibility index (Phi) is 12.0. The zero-order valence-corrected chi connectivity index (χ0v) is 52.7. The van der Waals surface area contributed by atoms with E-state index >= 15 is 9.59 Å². The number of ether oxygens (including phenoxy) is 2. The van der Waals surface area contributed by atoms with Gasteiger partial charge in [-0.15, -0.1) is 5.92 Å². The van der Waals surface area contributed by atoms with Gasteiger partial charge in [-0.25, -0.2) is 9.97 Å². The molecule has 18 heteroatoms. The van der Waals surface area contributed by atoms with Crippen LogP contribution in [0.2, 0.25) is 0 Å². The summed E-state index contributed by atoms with van der Waals surface area (Å²) < 4.78 is 15.1. The molecule has 14 aliphatic rings. The number of carbonyl (C=O) groups excluding carboxylic acids is 3. The third-order valence-corrected chi connectivity index (χ3v) is 27.1. The van der Waals surface area contributed by atoms with E-state index in [9.17, 15) is 35.4 Å². The van der Waals surface area contributed by atoms with E-state index in [4.69, 9.17) is 30.9 Å². The number of aliphatic hydroxyl groups is 5. The van der Waals surface area contributed by atoms with E-state index in [0.29, 0.717) is 97.4 Å². The van der Waals surface area contributed by atoms with E-state index < -0.39 is 93.0 Å². The molecule has 3 aromatic carbocycles. The Hall–Kier alpha value is -7.31. The number of hydrogen-bond donors (Lipinski definition) is 11. The number of nitrogens with one attached hydrogen (secondary N) is 3. The van der Waals surface area contributed by atoms with Gasteiger partial charge in [0.15, 0.2) is 17.5 Å². The van der Waals surface area contributed by atoms with Gasteiger partial charge in [0.2, 0.25) is 5.78 Å². The second-order valence-electron chi connectivity index (χ2n) is 31.3. The highest BCUT2D eigenvalue weighted by atomic mass is 16.7. The maximum atomic E-state index is 15.6. The number of nitrogens with two attached hydrogens (primary N) is 2. The average Bonchev–Trinajstić information content (AvgIpc) is 1.37. The number of phenolic OH excluding ortho intramolecular Hbond substituents is 1. The fraction of sp³-hybridized carbons (Fsp3) is 0.513. The molecule has 0 amide bonds. The van der Waals surface area contributed by atoms with Crippen molar-refractivity contribution in [2.75, 3.05) is 11.9 Å². The van der Waals surface area contributed by atoms with Crippen LogP contribution >= 0.6 is 0 Å². The molecule has 6 fully saturated rings. The van der Waals surface area contributed by atoms with Crippen molar-refractivity contribution in [2.45, 2.75) is 194 Å². The van der Waals surface area contributed by atoms with E-state index in [2.05, 4.69) is 45.3 Å². The molecule has 1 saturated heterocycles. The number of Topliss-reactive ketones (excluding diaryl/α,β-unsaturated/α-hetero) is 1. The first kappa shape index (κ1) is 58.1. The molecule has 20 rings (SSSR count). The number of pyridine rings is 1. The number of fused-ring (bicyclic) bond motifs is 8. The number of aliphatic hydroxyl groups excluding tert-OH is 5. The van der Waals surface area contributed by atoms with Crippen molar-refractivity contribution in [1.29, 1.82) is 0 Å². The number of phenols is 1. The Balaban J connectivity index is 0.889. The molecule has 0 unspecified atom stereocenters. The van der Waals surface area contributed by atoms with E-state index in [0.717, 1.165) is 97.1 Å². The van der Waals surface area contributed by atoms with Crippen LogP contribution in [0.3, 0.4) is 0 Å². The second kappa shape index (κ2) is 19.5. The summed E-state index contributed by atoms with van der Waals surface area (Å²) in [7, 11) is 0. The molecule has 3 aromatic heterocycles. The minimum Gasteiger partial charge on any atom is -0.507 e. The summed E-state index contributed by atoms with van der Waals surface area (Å²) in [5.41, 5.74) is 14.6. The molecule has 7 spiro atoms. The number of aromatic nitrogens is 4. The SMILES string of the molecule is Cc1cc(O)c2c(c1)C(=O)c1c(c3cc4c(nccc14)NC[C@H](O)[C@@]14CC[C@H]5C#CC[C@@H]6CCC[C@H]7C[C@]8(CCC(=O)C[C@@H]8Cc8ccc(C(N)N)cc8)c8nc[nH]c8[C@@]67c6cc(c([nH]6)C6=C[C@@]7(O3)O[C@@]3(C6=C1C[C@]1(CCC6(CCCC6)C1)[C@@H]3O)[C@@H](O)[C@H](O)[C@H]7O)[C@H]54)C2=O. The van der Waals surface area contributed by atoms with Crippen LogP contribution in [0.15, 0.2) is 84.3 Å². The van der Waals surface area contributed by atoms with Crippen molar-refractivity contribution >= 4 is 39.5 Å². The lowest BCUT2D eigenvalue weighted by atomic mass is 9.45. The molecule has 10 aliphatic carbocycles.